The van der Waals surface area contributed by atoms with Gasteiger partial charge in [0.2, 0.25) is 0 Å². The van der Waals surface area contributed by atoms with Crippen LogP contribution in [0, 0.1) is 0 Å². The Morgan fingerprint density at radius 1 is 1.10 bits per heavy atom. The average molecular weight is 297 g/mol. The molecule has 0 radical (unpaired) electrons. The van der Waals surface area contributed by atoms with Crippen LogP contribution in [-0.2, 0) is 0 Å². The number of benzene rings is 1. The van der Waals surface area contributed by atoms with Gasteiger partial charge in [-0.3, -0.25) is 0 Å². The van der Waals surface area contributed by atoms with E-state index in [0.29, 0.717) is 5.66 Å². The van der Waals surface area contributed by atoms with Crippen molar-refractivity contribution < 1.29 is 4.62 Å². The van der Waals surface area contributed by atoms with E-state index in [1.165, 1.54) is 0 Å². The number of para-hydroxylation sites is 1. The van der Waals surface area contributed by atoms with Gasteiger partial charge in [0.25, 0.3) is 0 Å². The summed E-state index contributed by atoms with van der Waals surface area (Å²) in [5.74, 6) is 0. The second-order valence-electron chi connectivity index (χ2n) is 5.64. The van der Waals surface area contributed by atoms with Gasteiger partial charge in [-0.05, 0) is 0 Å². The first-order valence-corrected chi connectivity index (χ1v) is 8.62. The minimum absolute atomic E-state index is 0.371. The molecule has 0 fully saturated rings. The molecule has 6 nitrogen and oxygen atoms in total. The van der Waals surface area contributed by atoms with Crippen molar-refractivity contribution >= 4 is 18.8 Å². The van der Waals surface area contributed by atoms with E-state index in [4.69, 9.17) is 4.62 Å². The van der Waals surface area contributed by atoms with Crippen molar-refractivity contribution in [1.82, 2.24) is 24.5 Å². The third-order valence-corrected chi connectivity index (χ3v) is 8.08. The third-order valence-electron chi connectivity index (χ3n) is 3.58. The van der Waals surface area contributed by atoms with E-state index in [9.17, 15) is 0 Å². The topological polar surface area (TPSA) is 46.4 Å². The van der Waals surface area contributed by atoms with Crippen molar-refractivity contribution in [3.05, 3.63) is 24.3 Å². The van der Waals surface area contributed by atoms with Gasteiger partial charge in [-0.2, -0.15) is 0 Å². The van der Waals surface area contributed by atoms with E-state index in [-0.39, 0.29) is 0 Å². The Morgan fingerprint density at radius 2 is 1.70 bits per heavy atom. The van der Waals surface area contributed by atoms with Crippen LogP contribution in [0.1, 0.15) is 13.8 Å². The first-order valence-electron chi connectivity index (χ1n) is 6.74. The van der Waals surface area contributed by atoms with E-state index in [0.717, 1.165) is 11.0 Å². The molecule has 0 unspecified atom stereocenters. The molecule has 0 aliphatic rings. The van der Waals surface area contributed by atoms with Crippen molar-refractivity contribution in [2.75, 3.05) is 28.2 Å². The molecule has 0 saturated heterocycles. The molecular weight excluding hydrogens is 273 g/mol. The molecule has 0 spiro atoms. The van der Waals surface area contributed by atoms with Crippen molar-refractivity contribution in [2.45, 2.75) is 19.5 Å². The summed E-state index contributed by atoms with van der Waals surface area (Å²) in [7, 11) is 5.92. The van der Waals surface area contributed by atoms with Gasteiger partial charge in [-0.1, -0.05) is 0 Å². The van der Waals surface area contributed by atoms with Crippen LogP contribution in [0.5, 0.6) is 0 Å². The van der Waals surface area contributed by atoms with E-state index < -0.39 is 7.79 Å². The van der Waals surface area contributed by atoms with Crippen LogP contribution in [0.4, 0.5) is 0 Å². The molecule has 2 rings (SSSR count). The third kappa shape index (κ3) is 2.39. The zero-order valence-electron chi connectivity index (χ0n) is 13.0. The molecule has 0 bridgehead atoms. The molecular formula is C13H24N5OP. The molecule has 0 aliphatic carbocycles. The van der Waals surface area contributed by atoms with E-state index >= 15 is 0 Å². The summed E-state index contributed by atoms with van der Waals surface area (Å²) in [5, 5.41) is 8.31. The van der Waals surface area contributed by atoms with Gasteiger partial charge >= 0.3 is 120 Å². The normalized spacial score (nSPS) is 13.7. The van der Waals surface area contributed by atoms with Gasteiger partial charge in [0, 0.05) is 0 Å². The summed E-state index contributed by atoms with van der Waals surface area (Å²) in [6.07, 6.45) is 0. The number of nitrogens with zero attached hydrogens (tertiary/aromatic N) is 5. The van der Waals surface area contributed by atoms with E-state index in [1.54, 1.807) is 4.85 Å². The quantitative estimate of drug-likeness (QED) is 0.789. The predicted molar refractivity (Wildman–Crippen MR) is 84.9 cm³/mol. The van der Waals surface area contributed by atoms with E-state index in [1.807, 2.05) is 24.3 Å². The molecule has 1 aromatic heterocycles. The SMILES string of the molecule is CC(C)[PH](On1nnc2ccccc21)(N(C)C)N(C)C. The average Bonchev–Trinajstić information content (AvgIpc) is 2.77. The number of rotatable bonds is 5. The number of aromatic nitrogens is 3. The number of hydrogen-bond acceptors (Lipinski definition) is 5. The van der Waals surface area contributed by atoms with Gasteiger partial charge in [-0.15, -0.1) is 0 Å². The van der Waals surface area contributed by atoms with Crippen LogP contribution in [-0.4, -0.2) is 58.3 Å². The molecule has 112 valence electrons. The van der Waals surface area contributed by atoms with Gasteiger partial charge in [0.15, 0.2) is 0 Å². The first kappa shape index (κ1) is 15.2. The second kappa shape index (κ2) is 5.64. The number of fused-ring (bicyclic) bond motifs is 1. The summed E-state index contributed by atoms with van der Waals surface area (Å²) in [4.78, 5) is 1.57. The Bertz CT molecular complexity index is 559. The Balaban J connectivity index is 2.47. The molecule has 0 aliphatic heterocycles. The molecule has 0 saturated carbocycles. The van der Waals surface area contributed by atoms with Crippen molar-refractivity contribution in [3.63, 3.8) is 0 Å². The van der Waals surface area contributed by atoms with Gasteiger partial charge in [-0.25, -0.2) is 0 Å². The van der Waals surface area contributed by atoms with E-state index in [2.05, 4.69) is 61.7 Å². The fourth-order valence-electron chi connectivity index (χ4n) is 2.74. The zero-order valence-corrected chi connectivity index (χ0v) is 14.0. The predicted octanol–water partition coefficient (Wildman–Crippen LogP) is 1.89. The second-order valence-corrected chi connectivity index (χ2v) is 10.1. The van der Waals surface area contributed by atoms with Gasteiger partial charge in [0.1, 0.15) is 0 Å². The molecule has 0 N–H and O–H groups in total. The van der Waals surface area contributed by atoms with Crippen LogP contribution >= 0.6 is 7.79 Å². The van der Waals surface area contributed by atoms with Crippen molar-refractivity contribution in [2.24, 2.45) is 0 Å². The molecule has 1 aromatic carbocycles. The van der Waals surface area contributed by atoms with Gasteiger partial charge < -0.3 is 0 Å². The fraction of sp³-hybridized carbons (Fsp3) is 0.538. The Labute approximate surface area is 120 Å². The summed E-state index contributed by atoms with van der Waals surface area (Å²) in [6.45, 7) is 4.37. The van der Waals surface area contributed by atoms with Crippen LogP contribution in [0.2, 0.25) is 0 Å². The maximum absolute atomic E-state index is 6.37. The molecule has 0 amide bonds. The summed E-state index contributed by atoms with van der Waals surface area (Å²) in [6, 6.07) is 7.83. The summed E-state index contributed by atoms with van der Waals surface area (Å²) >= 11 is 0. The summed E-state index contributed by atoms with van der Waals surface area (Å²) < 4.78 is 10.8. The molecule has 20 heavy (non-hydrogen) atoms. The first-order chi connectivity index (χ1) is 9.39. The zero-order chi connectivity index (χ0) is 14.9. The molecule has 1 heterocycles. The standard InChI is InChI=1S/C13H24N5OP/c1-11(2)20(16(3)4,17(5)6)19-18-13-10-8-7-9-12(13)14-15-18/h7-11,20H,1-6H3. The Kier molecular flexibility index (Phi) is 4.28. The molecule has 0 atom stereocenters. The van der Waals surface area contributed by atoms with Crippen molar-refractivity contribution in [3.8, 4) is 0 Å². The van der Waals surface area contributed by atoms with Crippen LogP contribution < -0.4 is 4.62 Å². The maximum atomic E-state index is 6.37. The molecule has 7 heteroatoms. The van der Waals surface area contributed by atoms with Crippen LogP contribution in [0.15, 0.2) is 24.3 Å². The molecule has 2 aromatic rings. The monoisotopic (exact) mass is 297 g/mol. The van der Waals surface area contributed by atoms with Gasteiger partial charge in [0.05, 0.1) is 0 Å². The van der Waals surface area contributed by atoms with Crippen LogP contribution in [0.3, 0.4) is 0 Å². The number of hydrogen-bond donors (Lipinski definition) is 0. The fourth-order valence-corrected chi connectivity index (χ4v) is 6.54. The Hall–Kier alpha value is -1.23. The van der Waals surface area contributed by atoms with Crippen LogP contribution in [0.25, 0.3) is 11.0 Å². The minimum atomic E-state index is -2.32. The van der Waals surface area contributed by atoms with Crippen molar-refractivity contribution in [1.29, 1.82) is 0 Å². The Morgan fingerprint density at radius 3 is 2.25 bits per heavy atom. The summed E-state index contributed by atoms with van der Waals surface area (Å²) in [5.41, 5.74) is 2.11.